The van der Waals surface area contributed by atoms with E-state index in [-0.39, 0.29) is 0 Å². The van der Waals surface area contributed by atoms with Crippen LogP contribution in [-0.4, -0.2) is 38.4 Å². The molecular weight excluding hydrogens is 232 g/mol. The van der Waals surface area contributed by atoms with E-state index in [4.69, 9.17) is 9.47 Å². The number of rotatable bonds is 6. The minimum absolute atomic E-state index is 0.292. The molecule has 1 saturated heterocycles. The van der Waals surface area contributed by atoms with Crippen LogP contribution in [0, 0.1) is 0 Å². The Bertz CT molecular complexity index is 366. The van der Waals surface area contributed by atoms with Crippen molar-refractivity contribution in [1.29, 1.82) is 0 Å². The van der Waals surface area contributed by atoms with Crippen LogP contribution in [-0.2, 0) is 16.1 Å². The zero-order chi connectivity index (χ0) is 12.6. The number of ether oxygens (including phenoxy) is 2. The Hall–Kier alpha value is -1.59. The fraction of sp³-hybridized carbons (Fsp3) is 0.462. The average molecular weight is 250 g/mol. The number of carbonyl (C=O) groups is 1. The first kappa shape index (κ1) is 12.9. The van der Waals surface area contributed by atoms with Crippen molar-refractivity contribution in [2.75, 3.05) is 26.2 Å². The van der Waals surface area contributed by atoms with Crippen LogP contribution < -0.4 is 10.6 Å². The predicted octanol–water partition coefficient (Wildman–Crippen LogP) is 0.901. The van der Waals surface area contributed by atoms with E-state index in [1.165, 1.54) is 0 Å². The van der Waals surface area contributed by atoms with E-state index in [1.807, 2.05) is 30.3 Å². The molecule has 1 aromatic carbocycles. The van der Waals surface area contributed by atoms with Gasteiger partial charge in [0.2, 0.25) is 0 Å². The summed E-state index contributed by atoms with van der Waals surface area (Å²) in [5.41, 5.74) is 0.976. The van der Waals surface area contributed by atoms with Crippen molar-refractivity contribution in [3.63, 3.8) is 0 Å². The van der Waals surface area contributed by atoms with Gasteiger partial charge in [-0.25, -0.2) is 4.79 Å². The van der Waals surface area contributed by atoms with Gasteiger partial charge >= 0.3 is 6.09 Å². The number of benzene rings is 1. The topological polar surface area (TPSA) is 59.6 Å². The highest BCUT2D eigenvalue weighted by atomic mass is 16.5. The van der Waals surface area contributed by atoms with Gasteiger partial charge < -0.3 is 20.1 Å². The highest BCUT2D eigenvalue weighted by Crippen LogP contribution is 2.00. The average Bonchev–Trinajstić information content (AvgIpc) is 2.35. The van der Waals surface area contributed by atoms with Crippen LogP contribution in [0.2, 0.25) is 0 Å². The van der Waals surface area contributed by atoms with Crippen LogP contribution in [0.1, 0.15) is 5.56 Å². The third-order valence-electron chi connectivity index (χ3n) is 2.68. The van der Waals surface area contributed by atoms with Crippen LogP contribution in [0.5, 0.6) is 0 Å². The molecule has 1 amide bonds. The zero-order valence-electron chi connectivity index (χ0n) is 10.2. The number of carbonyl (C=O) groups excluding carboxylic acids is 1. The maximum absolute atomic E-state index is 11.3. The lowest BCUT2D eigenvalue weighted by Gasteiger charge is -2.27. The van der Waals surface area contributed by atoms with Crippen LogP contribution in [0.4, 0.5) is 4.79 Å². The summed E-state index contributed by atoms with van der Waals surface area (Å²) in [4.78, 5) is 11.3. The Kier molecular flexibility index (Phi) is 4.99. The first-order chi connectivity index (χ1) is 8.84. The van der Waals surface area contributed by atoms with Gasteiger partial charge in [0.15, 0.2) is 0 Å². The maximum Gasteiger partial charge on any atom is 0.407 e. The Balaban J connectivity index is 1.52. The fourth-order valence-corrected chi connectivity index (χ4v) is 1.53. The molecule has 5 heteroatoms. The lowest BCUT2D eigenvalue weighted by molar-refractivity contribution is 0.0203. The monoisotopic (exact) mass is 250 g/mol. The molecule has 1 heterocycles. The normalized spacial score (nSPS) is 14.9. The molecule has 0 saturated carbocycles. The summed E-state index contributed by atoms with van der Waals surface area (Å²) in [6.07, 6.45) is -0.110. The first-order valence-electron chi connectivity index (χ1n) is 6.11. The van der Waals surface area contributed by atoms with Gasteiger partial charge in [-0.3, -0.25) is 0 Å². The molecule has 2 N–H and O–H groups in total. The van der Waals surface area contributed by atoms with Crippen molar-refractivity contribution in [1.82, 2.24) is 10.6 Å². The summed E-state index contributed by atoms with van der Waals surface area (Å²) < 4.78 is 10.5. The largest absolute Gasteiger partial charge is 0.445 e. The van der Waals surface area contributed by atoms with Crippen molar-refractivity contribution >= 4 is 6.09 Å². The summed E-state index contributed by atoms with van der Waals surface area (Å²) in [6.45, 7) is 3.09. The molecule has 0 atom stereocenters. The second-order valence-corrected chi connectivity index (χ2v) is 4.14. The summed E-state index contributed by atoms with van der Waals surface area (Å²) in [7, 11) is 0. The summed E-state index contributed by atoms with van der Waals surface area (Å²) in [5.74, 6) is 0. The van der Waals surface area contributed by atoms with Crippen LogP contribution in [0.25, 0.3) is 0 Å². The van der Waals surface area contributed by atoms with Crippen LogP contribution in [0.15, 0.2) is 30.3 Å². The van der Waals surface area contributed by atoms with Gasteiger partial charge in [0.1, 0.15) is 6.61 Å². The van der Waals surface area contributed by atoms with Gasteiger partial charge in [0.25, 0.3) is 0 Å². The Morgan fingerprint density at radius 1 is 1.33 bits per heavy atom. The lowest BCUT2D eigenvalue weighted by atomic mass is 10.2. The molecule has 0 bridgehead atoms. The van der Waals surface area contributed by atoms with Crippen LogP contribution in [0.3, 0.4) is 0 Å². The molecule has 0 radical (unpaired) electrons. The third kappa shape index (κ3) is 4.35. The molecule has 1 aliphatic rings. The van der Waals surface area contributed by atoms with Gasteiger partial charge in [0.05, 0.1) is 12.7 Å². The quantitative estimate of drug-likeness (QED) is 0.736. The standard InChI is InChI=1S/C13H18N2O3/c16-13(15-6-7-17-12-8-14-9-12)18-10-11-4-2-1-3-5-11/h1-5,12,14H,6-10H2,(H,15,16). The van der Waals surface area contributed by atoms with Crippen molar-refractivity contribution in [3.05, 3.63) is 35.9 Å². The minimum atomic E-state index is -0.408. The Labute approximate surface area is 106 Å². The van der Waals surface area contributed by atoms with E-state index in [0.29, 0.717) is 25.9 Å². The second-order valence-electron chi connectivity index (χ2n) is 4.14. The highest BCUT2D eigenvalue weighted by Gasteiger charge is 2.16. The molecule has 0 aromatic heterocycles. The predicted molar refractivity (Wildman–Crippen MR) is 67.2 cm³/mol. The molecular formula is C13H18N2O3. The number of amides is 1. The fourth-order valence-electron chi connectivity index (χ4n) is 1.53. The second kappa shape index (κ2) is 6.98. The van der Waals surface area contributed by atoms with Crippen LogP contribution >= 0.6 is 0 Å². The molecule has 1 aliphatic heterocycles. The molecule has 18 heavy (non-hydrogen) atoms. The molecule has 0 spiro atoms. The van der Waals surface area contributed by atoms with E-state index >= 15 is 0 Å². The van der Waals surface area contributed by atoms with Gasteiger partial charge in [-0.05, 0) is 5.56 Å². The number of hydrogen-bond donors (Lipinski definition) is 2. The van der Waals surface area contributed by atoms with E-state index < -0.39 is 6.09 Å². The van der Waals surface area contributed by atoms with E-state index in [1.54, 1.807) is 0 Å². The molecule has 1 fully saturated rings. The molecule has 98 valence electrons. The molecule has 0 unspecified atom stereocenters. The van der Waals surface area contributed by atoms with E-state index in [9.17, 15) is 4.79 Å². The lowest BCUT2D eigenvalue weighted by Crippen LogP contribution is -2.49. The minimum Gasteiger partial charge on any atom is -0.445 e. The highest BCUT2D eigenvalue weighted by molar-refractivity contribution is 5.67. The maximum atomic E-state index is 11.3. The first-order valence-corrected chi connectivity index (χ1v) is 6.11. The number of hydrogen-bond acceptors (Lipinski definition) is 4. The molecule has 2 rings (SSSR count). The number of alkyl carbamates (subject to hydrolysis) is 1. The van der Waals surface area contributed by atoms with Crippen molar-refractivity contribution in [2.24, 2.45) is 0 Å². The van der Waals surface area contributed by atoms with Gasteiger partial charge in [-0.2, -0.15) is 0 Å². The number of nitrogens with one attached hydrogen (secondary N) is 2. The van der Waals surface area contributed by atoms with Gasteiger partial charge in [-0.1, -0.05) is 30.3 Å². The Morgan fingerprint density at radius 3 is 2.78 bits per heavy atom. The Morgan fingerprint density at radius 2 is 2.11 bits per heavy atom. The summed E-state index contributed by atoms with van der Waals surface area (Å²) in [6, 6.07) is 9.59. The van der Waals surface area contributed by atoms with Crippen molar-refractivity contribution < 1.29 is 14.3 Å². The SMILES string of the molecule is O=C(NCCOC1CNC1)OCc1ccccc1. The third-order valence-corrected chi connectivity index (χ3v) is 2.68. The van der Waals surface area contributed by atoms with Gasteiger partial charge in [-0.15, -0.1) is 0 Å². The van der Waals surface area contributed by atoms with E-state index in [0.717, 1.165) is 18.7 Å². The van der Waals surface area contributed by atoms with Crippen molar-refractivity contribution in [2.45, 2.75) is 12.7 Å². The van der Waals surface area contributed by atoms with Gasteiger partial charge in [0, 0.05) is 19.6 Å². The summed E-state index contributed by atoms with van der Waals surface area (Å²) >= 11 is 0. The molecule has 1 aromatic rings. The zero-order valence-corrected chi connectivity index (χ0v) is 10.2. The van der Waals surface area contributed by atoms with E-state index in [2.05, 4.69) is 10.6 Å². The smallest absolute Gasteiger partial charge is 0.407 e. The molecule has 5 nitrogen and oxygen atoms in total. The van der Waals surface area contributed by atoms with Crippen molar-refractivity contribution in [3.8, 4) is 0 Å². The summed E-state index contributed by atoms with van der Waals surface area (Å²) in [5, 5.41) is 5.76. The molecule has 0 aliphatic carbocycles.